The Labute approximate surface area is 230 Å². The van der Waals surface area contributed by atoms with Crippen LogP contribution in [0.3, 0.4) is 0 Å². The predicted octanol–water partition coefficient (Wildman–Crippen LogP) is 4.22. The van der Waals surface area contributed by atoms with Gasteiger partial charge in [0.1, 0.15) is 5.83 Å². The smallest absolute Gasteiger partial charge is 0.324 e. The summed E-state index contributed by atoms with van der Waals surface area (Å²) >= 11 is 0. The molecule has 10 heteroatoms. The molecule has 5 atom stereocenters. The third-order valence-corrected chi connectivity index (χ3v) is 9.50. The van der Waals surface area contributed by atoms with Gasteiger partial charge >= 0.3 is 6.01 Å². The molecule has 2 saturated heterocycles. The summed E-state index contributed by atoms with van der Waals surface area (Å²) in [6.07, 6.45) is 6.53. The van der Waals surface area contributed by atoms with E-state index in [-0.39, 0.29) is 42.3 Å². The van der Waals surface area contributed by atoms with Crippen molar-refractivity contribution in [3.63, 3.8) is 0 Å². The van der Waals surface area contributed by atoms with Crippen LogP contribution in [0.25, 0.3) is 0 Å². The summed E-state index contributed by atoms with van der Waals surface area (Å²) in [5.41, 5.74) is 0.666. The van der Waals surface area contributed by atoms with Gasteiger partial charge in [-0.1, -0.05) is 19.0 Å². The Hall–Kier alpha value is -2.49. The van der Waals surface area contributed by atoms with Crippen LogP contribution in [0.4, 0.5) is 10.4 Å². The highest BCUT2D eigenvalue weighted by Crippen LogP contribution is 2.50. The number of amidine groups is 1. The SMILES string of the molecule is CC1=NC2CN(C(=O)CC3=C(F)C[C@@H](OCC[C@@H]4C[C@@H]4C4CCN(c5nc(C(C)C)no5)CC4)CC3)C[C@H]2N1. The fraction of sp³-hybridized carbons (Fsp3) is 0.793. The molecular weight excluding hydrogens is 499 g/mol. The zero-order valence-electron chi connectivity index (χ0n) is 23.6. The van der Waals surface area contributed by atoms with E-state index in [0.29, 0.717) is 44.1 Å². The molecule has 39 heavy (non-hydrogen) atoms. The highest BCUT2D eigenvalue weighted by atomic mass is 19.1. The van der Waals surface area contributed by atoms with Gasteiger partial charge in [-0.15, -0.1) is 0 Å². The molecule has 1 amide bonds. The van der Waals surface area contributed by atoms with Crippen molar-refractivity contribution < 1.29 is 18.4 Å². The first-order valence-corrected chi connectivity index (χ1v) is 15.0. The lowest BCUT2D eigenvalue weighted by atomic mass is 9.90. The maximum Gasteiger partial charge on any atom is 0.324 e. The Balaban J connectivity index is 0.877. The standard InChI is InChI=1S/C29H43FN6O3/c1-17(2)28-33-29(39-34-28)35-9-6-19(7-10-35)23-12-20(23)8-11-38-22-5-4-21(24(30)14-22)13-27(37)36-15-25-26(16-36)32-18(3)31-25/h17,19-20,22-23,25-26H,4-16H2,1-3H3,(H,31,32)/t20-,22+,23-,25-,26?/m1/s1. The van der Waals surface area contributed by atoms with Crippen LogP contribution in [0.5, 0.6) is 0 Å². The second-order valence-electron chi connectivity index (χ2n) is 12.6. The molecule has 3 fully saturated rings. The number of piperidine rings is 1. The Morgan fingerprint density at radius 1 is 1.23 bits per heavy atom. The lowest BCUT2D eigenvalue weighted by Gasteiger charge is -2.31. The zero-order chi connectivity index (χ0) is 27.1. The van der Waals surface area contributed by atoms with Crippen LogP contribution in [-0.2, 0) is 9.53 Å². The third-order valence-electron chi connectivity index (χ3n) is 9.50. The molecule has 4 heterocycles. The minimum absolute atomic E-state index is 0.0200. The number of nitrogens with zero attached hydrogens (tertiary/aromatic N) is 5. The van der Waals surface area contributed by atoms with Gasteiger partial charge < -0.3 is 24.4 Å². The average molecular weight is 543 g/mol. The molecule has 0 radical (unpaired) electrons. The zero-order valence-corrected chi connectivity index (χ0v) is 23.6. The summed E-state index contributed by atoms with van der Waals surface area (Å²) in [5.74, 6) is 4.17. The van der Waals surface area contributed by atoms with Crippen LogP contribution < -0.4 is 10.2 Å². The summed E-state index contributed by atoms with van der Waals surface area (Å²) in [5, 5.41) is 7.43. The molecule has 1 saturated carbocycles. The number of fused-ring (bicyclic) bond motifs is 1. The van der Waals surface area contributed by atoms with Gasteiger partial charge in [-0.25, -0.2) is 4.39 Å². The summed E-state index contributed by atoms with van der Waals surface area (Å²) in [6, 6.07) is 1.02. The van der Waals surface area contributed by atoms with Crippen molar-refractivity contribution in [1.82, 2.24) is 20.4 Å². The monoisotopic (exact) mass is 542 g/mol. The van der Waals surface area contributed by atoms with E-state index < -0.39 is 0 Å². The molecule has 6 rings (SSSR count). The first-order valence-electron chi connectivity index (χ1n) is 15.0. The molecule has 1 N–H and O–H groups in total. The van der Waals surface area contributed by atoms with Crippen LogP contribution >= 0.6 is 0 Å². The lowest BCUT2D eigenvalue weighted by molar-refractivity contribution is -0.129. The first kappa shape index (κ1) is 26.7. The fourth-order valence-electron chi connectivity index (χ4n) is 7.03. The topological polar surface area (TPSA) is 96.1 Å². The van der Waals surface area contributed by atoms with Gasteiger partial charge in [0.05, 0.1) is 30.4 Å². The number of aliphatic imine (C=N–C) groups is 1. The maximum absolute atomic E-state index is 14.9. The van der Waals surface area contributed by atoms with Gasteiger partial charge in [0.2, 0.25) is 5.91 Å². The lowest BCUT2D eigenvalue weighted by Crippen LogP contribution is -2.36. The number of ether oxygens (including phenoxy) is 1. The molecule has 1 aromatic rings. The fourth-order valence-corrected chi connectivity index (χ4v) is 7.03. The molecule has 0 aromatic carbocycles. The molecule has 5 aliphatic rings. The van der Waals surface area contributed by atoms with Gasteiger partial charge in [0, 0.05) is 45.1 Å². The molecule has 1 unspecified atom stereocenters. The summed E-state index contributed by atoms with van der Waals surface area (Å²) in [6.45, 7) is 10.1. The highest BCUT2D eigenvalue weighted by Gasteiger charge is 2.43. The molecule has 0 bridgehead atoms. The van der Waals surface area contributed by atoms with Crippen molar-refractivity contribution in [3.05, 3.63) is 17.2 Å². The maximum atomic E-state index is 14.9. The Kier molecular flexibility index (Phi) is 7.66. The number of hydrogen-bond donors (Lipinski definition) is 1. The van der Waals surface area contributed by atoms with E-state index >= 15 is 0 Å². The minimum Gasteiger partial charge on any atom is -0.378 e. The van der Waals surface area contributed by atoms with Crippen molar-refractivity contribution in [3.8, 4) is 0 Å². The highest BCUT2D eigenvalue weighted by molar-refractivity contribution is 5.84. The van der Waals surface area contributed by atoms with Crippen molar-refractivity contribution >= 4 is 17.8 Å². The van der Waals surface area contributed by atoms with Crippen LogP contribution in [0, 0.1) is 17.8 Å². The van der Waals surface area contributed by atoms with Gasteiger partial charge in [-0.05, 0) is 68.8 Å². The van der Waals surface area contributed by atoms with Crippen LogP contribution in [-0.4, -0.2) is 77.8 Å². The number of aromatic nitrogens is 2. The summed E-state index contributed by atoms with van der Waals surface area (Å²) in [7, 11) is 0. The van der Waals surface area contributed by atoms with Crippen molar-refractivity contribution in [1.29, 1.82) is 0 Å². The summed E-state index contributed by atoms with van der Waals surface area (Å²) < 4.78 is 26.5. The largest absolute Gasteiger partial charge is 0.378 e. The second kappa shape index (κ2) is 11.2. The number of amides is 1. The van der Waals surface area contributed by atoms with E-state index in [1.807, 2.05) is 11.8 Å². The number of carbonyl (C=O) groups is 1. The Morgan fingerprint density at radius 2 is 2.05 bits per heavy atom. The van der Waals surface area contributed by atoms with Crippen molar-refractivity contribution in [2.45, 2.75) is 96.2 Å². The van der Waals surface area contributed by atoms with Crippen molar-refractivity contribution in [2.75, 3.05) is 37.7 Å². The van der Waals surface area contributed by atoms with Gasteiger partial charge in [0.25, 0.3) is 0 Å². The number of nitrogens with one attached hydrogen (secondary N) is 1. The quantitative estimate of drug-likeness (QED) is 0.499. The van der Waals surface area contributed by atoms with Gasteiger partial charge in [-0.2, -0.15) is 4.98 Å². The number of likely N-dealkylation sites (tertiary alicyclic amines) is 1. The van der Waals surface area contributed by atoms with E-state index in [9.17, 15) is 9.18 Å². The number of anilines is 1. The van der Waals surface area contributed by atoms with Crippen LogP contribution in [0.2, 0.25) is 0 Å². The number of rotatable bonds is 9. The van der Waals surface area contributed by atoms with E-state index in [1.165, 1.54) is 19.3 Å². The molecular formula is C29H43FN6O3. The van der Waals surface area contributed by atoms with Crippen LogP contribution in [0.1, 0.15) is 83.9 Å². The first-order chi connectivity index (χ1) is 18.8. The molecule has 214 valence electrons. The summed E-state index contributed by atoms with van der Waals surface area (Å²) in [4.78, 5) is 26.0. The molecule has 1 aromatic heterocycles. The minimum atomic E-state index is -0.135. The molecule has 9 nitrogen and oxygen atoms in total. The van der Waals surface area contributed by atoms with E-state index in [1.54, 1.807) is 0 Å². The van der Waals surface area contributed by atoms with E-state index in [2.05, 4.69) is 39.2 Å². The number of carbonyl (C=O) groups excluding carboxylic acids is 1. The number of hydrogen-bond acceptors (Lipinski definition) is 8. The normalized spacial score (nSPS) is 31.1. The van der Waals surface area contributed by atoms with E-state index in [4.69, 9.17) is 9.26 Å². The molecule has 3 aliphatic heterocycles. The van der Waals surface area contributed by atoms with Gasteiger partial charge in [0.15, 0.2) is 5.82 Å². The third kappa shape index (κ3) is 6.00. The van der Waals surface area contributed by atoms with Crippen LogP contribution in [0.15, 0.2) is 20.9 Å². The Bertz CT molecular complexity index is 1110. The van der Waals surface area contributed by atoms with Gasteiger partial charge in [-0.3, -0.25) is 9.79 Å². The number of halogens is 1. The second-order valence-corrected chi connectivity index (χ2v) is 12.6. The Morgan fingerprint density at radius 3 is 2.77 bits per heavy atom. The van der Waals surface area contributed by atoms with Crippen molar-refractivity contribution in [2.24, 2.45) is 22.7 Å². The molecule has 2 aliphatic carbocycles. The average Bonchev–Trinajstić information content (AvgIpc) is 3.20. The molecule has 0 spiro atoms. The van der Waals surface area contributed by atoms with E-state index in [0.717, 1.165) is 55.3 Å². The predicted molar refractivity (Wildman–Crippen MR) is 146 cm³/mol.